The summed E-state index contributed by atoms with van der Waals surface area (Å²) in [4.78, 5) is 12.5. The van der Waals surface area contributed by atoms with E-state index in [9.17, 15) is 13.2 Å². The van der Waals surface area contributed by atoms with Crippen molar-refractivity contribution in [1.29, 1.82) is 0 Å². The van der Waals surface area contributed by atoms with Crippen LogP contribution in [0.4, 0.5) is 0 Å². The van der Waals surface area contributed by atoms with Gasteiger partial charge in [0.15, 0.2) is 0 Å². The van der Waals surface area contributed by atoms with Gasteiger partial charge >= 0.3 is 4.87 Å². The molecule has 0 unspecified atom stereocenters. The monoisotopic (exact) mass is 524 g/mol. The smallest absolute Gasteiger partial charge is 0.308 e. The summed E-state index contributed by atoms with van der Waals surface area (Å²) in [5.74, 6) is 0.675. The Bertz CT molecular complexity index is 1690. The Labute approximate surface area is 211 Å². The normalized spacial score (nSPS) is 11.8. The molecule has 0 aliphatic carbocycles. The van der Waals surface area contributed by atoms with Gasteiger partial charge in [-0.1, -0.05) is 71.5 Å². The topological polar surface area (TPSA) is 77.4 Å². The van der Waals surface area contributed by atoms with Gasteiger partial charge in [-0.15, -0.1) is 0 Å². The number of rotatable bonds is 8. The van der Waals surface area contributed by atoms with E-state index >= 15 is 0 Å². The van der Waals surface area contributed by atoms with Gasteiger partial charge in [0.05, 0.1) is 21.7 Å². The maximum Gasteiger partial charge on any atom is 0.308 e. The van der Waals surface area contributed by atoms with Crippen molar-refractivity contribution in [3.63, 3.8) is 0 Å². The van der Waals surface area contributed by atoms with E-state index in [1.54, 1.807) is 16.7 Å². The van der Waals surface area contributed by atoms with Crippen LogP contribution < -0.4 is 14.3 Å². The van der Waals surface area contributed by atoms with Crippen molar-refractivity contribution >= 4 is 54.0 Å². The van der Waals surface area contributed by atoms with Crippen molar-refractivity contribution in [3.05, 3.63) is 105 Å². The molecule has 0 radical (unpaired) electrons. The summed E-state index contributed by atoms with van der Waals surface area (Å²) >= 11 is 7.25. The Kier molecular flexibility index (Phi) is 6.62. The number of fused-ring (bicyclic) bond motifs is 2. The zero-order chi connectivity index (χ0) is 24.4. The van der Waals surface area contributed by atoms with Crippen molar-refractivity contribution in [1.82, 2.24) is 9.29 Å². The summed E-state index contributed by atoms with van der Waals surface area (Å²) in [6.07, 6.45) is 0. The van der Waals surface area contributed by atoms with Gasteiger partial charge in [-0.25, -0.2) is 13.1 Å². The molecule has 0 amide bonds. The molecule has 1 aromatic heterocycles. The van der Waals surface area contributed by atoms with E-state index < -0.39 is 10.0 Å². The molecule has 6 nitrogen and oxygen atoms in total. The predicted molar refractivity (Wildman–Crippen MR) is 141 cm³/mol. The van der Waals surface area contributed by atoms with Crippen molar-refractivity contribution in [2.24, 2.45) is 0 Å². The number of thiazole rings is 1. The molecule has 0 aliphatic rings. The van der Waals surface area contributed by atoms with Gasteiger partial charge in [0, 0.05) is 11.6 Å². The average Bonchev–Trinajstić information content (AvgIpc) is 3.17. The first-order valence-electron chi connectivity index (χ1n) is 10.9. The van der Waals surface area contributed by atoms with Crippen LogP contribution in [0.15, 0.2) is 94.6 Å². The second kappa shape index (κ2) is 9.83. The minimum absolute atomic E-state index is 0.0989. The van der Waals surface area contributed by atoms with Gasteiger partial charge in [-0.2, -0.15) is 0 Å². The van der Waals surface area contributed by atoms with Crippen molar-refractivity contribution in [3.8, 4) is 5.75 Å². The molecule has 178 valence electrons. The molecule has 0 aliphatic heterocycles. The third-order valence-corrected chi connectivity index (χ3v) is 8.39. The molecule has 0 fully saturated rings. The van der Waals surface area contributed by atoms with Crippen LogP contribution in [-0.4, -0.2) is 26.1 Å². The molecule has 5 rings (SSSR count). The summed E-state index contributed by atoms with van der Waals surface area (Å²) in [7, 11) is -3.77. The fraction of sp³-hybridized carbons (Fsp3) is 0.115. The van der Waals surface area contributed by atoms with E-state index in [0.29, 0.717) is 27.5 Å². The maximum absolute atomic E-state index is 12.8. The Morgan fingerprint density at radius 3 is 2.51 bits per heavy atom. The van der Waals surface area contributed by atoms with E-state index in [0.717, 1.165) is 27.7 Å². The molecule has 0 spiro atoms. The molecule has 5 aromatic rings. The first-order valence-corrected chi connectivity index (χ1v) is 13.6. The number of nitrogens with one attached hydrogen (secondary N) is 1. The first kappa shape index (κ1) is 23.6. The molecule has 0 bridgehead atoms. The third-order valence-electron chi connectivity index (χ3n) is 5.62. The summed E-state index contributed by atoms with van der Waals surface area (Å²) in [5.41, 5.74) is 1.49. The quantitative estimate of drug-likeness (QED) is 0.280. The summed E-state index contributed by atoms with van der Waals surface area (Å²) in [5, 5.41) is 2.74. The largest absolute Gasteiger partial charge is 0.492 e. The Balaban J connectivity index is 1.27. The lowest BCUT2D eigenvalue weighted by atomic mass is 10.1. The van der Waals surface area contributed by atoms with E-state index in [2.05, 4.69) is 4.72 Å². The number of nitrogens with zero attached hydrogens (tertiary/aromatic N) is 1. The summed E-state index contributed by atoms with van der Waals surface area (Å²) < 4.78 is 36.1. The summed E-state index contributed by atoms with van der Waals surface area (Å²) in [6, 6.07) is 25.7. The molecule has 4 aromatic carbocycles. The van der Waals surface area contributed by atoms with Gasteiger partial charge in [-0.3, -0.25) is 9.36 Å². The predicted octanol–water partition coefficient (Wildman–Crippen LogP) is 5.28. The van der Waals surface area contributed by atoms with Crippen LogP contribution in [0.25, 0.3) is 21.0 Å². The highest BCUT2D eigenvalue weighted by Gasteiger charge is 2.17. The number of benzene rings is 4. The maximum atomic E-state index is 12.8. The highest BCUT2D eigenvalue weighted by Crippen LogP contribution is 2.24. The lowest BCUT2D eigenvalue weighted by Crippen LogP contribution is -2.28. The molecule has 0 atom stereocenters. The SMILES string of the molecule is O=c1sc2cc(S(=O)(=O)NCCOc3ccc4ccccc4c3)ccc2n1Cc1ccccc1Cl. The zero-order valence-corrected chi connectivity index (χ0v) is 20.9. The fourth-order valence-electron chi connectivity index (χ4n) is 3.85. The van der Waals surface area contributed by atoms with Gasteiger partial charge in [-0.05, 0) is 52.7 Å². The number of hydrogen-bond acceptors (Lipinski definition) is 5. The number of hydrogen-bond donors (Lipinski definition) is 1. The molecule has 9 heteroatoms. The van der Waals surface area contributed by atoms with E-state index in [-0.39, 0.29) is 22.9 Å². The lowest BCUT2D eigenvalue weighted by molar-refractivity contribution is 0.323. The molecule has 1 heterocycles. The van der Waals surface area contributed by atoms with Crippen molar-refractivity contribution < 1.29 is 13.2 Å². The van der Waals surface area contributed by atoms with Crippen LogP contribution in [-0.2, 0) is 16.6 Å². The van der Waals surface area contributed by atoms with Crippen LogP contribution in [0.1, 0.15) is 5.56 Å². The Hall–Kier alpha value is -3.17. The number of ether oxygens (including phenoxy) is 1. The second-order valence-corrected chi connectivity index (χ2v) is 11.1. The fourth-order valence-corrected chi connectivity index (χ4v) is 6.08. The number of sulfonamides is 1. The average molecular weight is 525 g/mol. The van der Waals surface area contributed by atoms with Gasteiger partial charge < -0.3 is 4.74 Å². The minimum Gasteiger partial charge on any atom is -0.492 e. The van der Waals surface area contributed by atoms with E-state index in [1.807, 2.05) is 60.7 Å². The Morgan fingerprint density at radius 1 is 0.914 bits per heavy atom. The first-order chi connectivity index (χ1) is 16.9. The van der Waals surface area contributed by atoms with Crippen LogP contribution in [0.3, 0.4) is 0 Å². The van der Waals surface area contributed by atoms with Crippen LogP contribution in [0, 0.1) is 0 Å². The van der Waals surface area contributed by atoms with Gasteiger partial charge in [0.2, 0.25) is 10.0 Å². The van der Waals surface area contributed by atoms with Gasteiger partial charge in [0.1, 0.15) is 12.4 Å². The highest BCUT2D eigenvalue weighted by molar-refractivity contribution is 7.89. The molecule has 35 heavy (non-hydrogen) atoms. The van der Waals surface area contributed by atoms with E-state index in [1.165, 1.54) is 12.1 Å². The van der Waals surface area contributed by atoms with Gasteiger partial charge in [0.25, 0.3) is 0 Å². The van der Waals surface area contributed by atoms with Crippen LogP contribution >= 0.6 is 22.9 Å². The Morgan fingerprint density at radius 2 is 1.69 bits per heavy atom. The zero-order valence-electron chi connectivity index (χ0n) is 18.5. The molecular weight excluding hydrogens is 504 g/mol. The highest BCUT2D eigenvalue weighted by atomic mass is 35.5. The molecule has 0 saturated heterocycles. The molecular formula is C26H21ClN2O4S2. The number of aromatic nitrogens is 1. The number of halogens is 1. The minimum atomic E-state index is -3.77. The third kappa shape index (κ3) is 5.11. The van der Waals surface area contributed by atoms with Crippen molar-refractivity contribution in [2.75, 3.05) is 13.2 Å². The van der Waals surface area contributed by atoms with Crippen molar-refractivity contribution in [2.45, 2.75) is 11.4 Å². The molecule has 0 saturated carbocycles. The molecule has 1 N–H and O–H groups in total. The second-order valence-electron chi connectivity index (χ2n) is 7.93. The van der Waals surface area contributed by atoms with Crippen LogP contribution in [0.2, 0.25) is 5.02 Å². The summed E-state index contributed by atoms with van der Waals surface area (Å²) in [6.45, 7) is 0.604. The lowest BCUT2D eigenvalue weighted by Gasteiger charge is -2.10. The van der Waals surface area contributed by atoms with Crippen LogP contribution in [0.5, 0.6) is 5.75 Å². The van der Waals surface area contributed by atoms with E-state index in [4.69, 9.17) is 16.3 Å². The standard InChI is InChI=1S/C26H21ClN2O4S2/c27-23-8-4-3-7-20(23)17-29-24-12-11-22(16-25(24)34-26(29)30)35(31,32)28-13-14-33-21-10-9-18-5-1-2-6-19(18)15-21/h1-12,15-16,28H,13-14,17H2.